The van der Waals surface area contributed by atoms with Gasteiger partial charge in [0.05, 0.1) is 11.2 Å². The number of amides is 1. The number of ketones is 1. The molecular weight excluding hydrogens is 380 g/mol. The minimum Gasteiger partial charge on any atom is -0.384 e. The van der Waals surface area contributed by atoms with Gasteiger partial charge in [0, 0.05) is 49.1 Å². The van der Waals surface area contributed by atoms with Gasteiger partial charge in [-0.05, 0) is 44.8 Å². The minimum absolute atomic E-state index is 0.0882. The van der Waals surface area contributed by atoms with Crippen LogP contribution in [0.1, 0.15) is 52.6 Å². The highest BCUT2D eigenvalue weighted by atomic mass is 16.1. The normalized spacial score (nSPS) is 15.0. The van der Waals surface area contributed by atoms with Crippen molar-refractivity contribution in [1.29, 1.82) is 0 Å². The Morgan fingerprint density at radius 1 is 1.17 bits per heavy atom. The summed E-state index contributed by atoms with van der Waals surface area (Å²) in [6, 6.07) is 7.44. The van der Waals surface area contributed by atoms with Crippen molar-refractivity contribution in [3.05, 3.63) is 41.1 Å². The van der Waals surface area contributed by atoms with E-state index >= 15 is 0 Å². The molecule has 0 saturated heterocycles. The van der Waals surface area contributed by atoms with E-state index in [2.05, 4.69) is 28.2 Å². The van der Waals surface area contributed by atoms with Gasteiger partial charge in [0.15, 0.2) is 5.78 Å². The van der Waals surface area contributed by atoms with Crippen molar-refractivity contribution in [3.8, 4) is 5.69 Å². The standard InChI is InChI=1S/C22H32N6O2/c1-5-6-9-27-17-10-14(7-8-15(17)21(23)30)28-18-12-22(25-3,26-4)13-19(29)16(18)11-20(28)24-2/h7-8,10-11,24-27H,5-6,9,12-13H2,1-4H3,(H2,23,30). The third kappa shape index (κ3) is 3.93. The number of carbonyl (C=O) groups is 2. The zero-order chi connectivity index (χ0) is 21.9. The molecule has 30 heavy (non-hydrogen) atoms. The van der Waals surface area contributed by atoms with Crippen LogP contribution < -0.4 is 27.0 Å². The Labute approximate surface area is 177 Å². The molecule has 1 aromatic carbocycles. The third-order valence-electron chi connectivity index (χ3n) is 5.92. The first-order valence-electron chi connectivity index (χ1n) is 10.4. The molecule has 1 aliphatic rings. The Bertz CT molecular complexity index is 945. The maximum atomic E-state index is 12.9. The number of rotatable bonds is 9. The van der Waals surface area contributed by atoms with Crippen LogP contribution in [0.3, 0.4) is 0 Å². The highest BCUT2D eigenvalue weighted by molar-refractivity contribution is 6.01. The number of unbranched alkanes of at least 4 members (excludes halogenated alkanes) is 1. The molecule has 0 unspecified atom stereocenters. The number of anilines is 2. The monoisotopic (exact) mass is 412 g/mol. The summed E-state index contributed by atoms with van der Waals surface area (Å²) >= 11 is 0. The summed E-state index contributed by atoms with van der Waals surface area (Å²) < 4.78 is 2.05. The van der Waals surface area contributed by atoms with E-state index in [0.717, 1.165) is 42.1 Å². The van der Waals surface area contributed by atoms with E-state index in [-0.39, 0.29) is 5.78 Å². The number of hydrogen-bond acceptors (Lipinski definition) is 6. The molecular formula is C22H32N6O2. The lowest BCUT2D eigenvalue weighted by Gasteiger charge is -2.36. The lowest BCUT2D eigenvalue weighted by molar-refractivity contribution is 0.0902. The molecule has 0 spiro atoms. The molecule has 162 valence electrons. The number of benzene rings is 1. The van der Waals surface area contributed by atoms with E-state index in [4.69, 9.17) is 5.73 Å². The molecule has 1 heterocycles. The first-order chi connectivity index (χ1) is 14.4. The molecule has 0 saturated carbocycles. The van der Waals surface area contributed by atoms with E-state index in [1.54, 1.807) is 6.07 Å². The molecule has 1 aromatic heterocycles. The fourth-order valence-corrected chi connectivity index (χ4v) is 4.07. The van der Waals surface area contributed by atoms with Crippen LogP contribution >= 0.6 is 0 Å². The highest BCUT2D eigenvalue weighted by Gasteiger charge is 2.39. The van der Waals surface area contributed by atoms with Crippen molar-refractivity contribution in [1.82, 2.24) is 15.2 Å². The quantitative estimate of drug-likeness (QED) is 0.318. The predicted octanol–water partition coefficient (Wildman–Crippen LogP) is 2.09. The summed E-state index contributed by atoms with van der Waals surface area (Å²) in [5.74, 6) is 0.441. The fraction of sp³-hybridized carbons (Fsp3) is 0.455. The van der Waals surface area contributed by atoms with Crippen LogP contribution in [0.5, 0.6) is 0 Å². The van der Waals surface area contributed by atoms with E-state index < -0.39 is 11.6 Å². The summed E-state index contributed by atoms with van der Waals surface area (Å²) in [6.45, 7) is 2.87. The first-order valence-corrected chi connectivity index (χ1v) is 10.4. The molecule has 2 aromatic rings. The number of nitrogens with zero attached hydrogens (tertiary/aromatic N) is 1. The van der Waals surface area contributed by atoms with Gasteiger partial charge in [0.25, 0.3) is 5.91 Å². The number of nitrogens with two attached hydrogens (primary N) is 1. The van der Waals surface area contributed by atoms with Crippen LogP contribution in [0.4, 0.5) is 11.5 Å². The minimum atomic E-state index is -0.499. The highest BCUT2D eigenvalue weighted by Crippen LogP contribution is 2.35. The summed E-state index contributed by atoms with van der Waals surface area (Å²) in [4.78, 5) is 24.8. The molecule has 6 N–H and O–H groups in total. The number of hydrogen-bond donors (Lipinski definition) is 5. The van der Waals surface area contributed by atoms with Crippen LogP contribution in [0.15, 0.2) is 24.3 Å². The molecule has 8 heteroatoms. The van der Waals surface area contributed by atoms with Gasteiger partial charge in [0.1, 0.15) is 5.82 Å². The van der Waals surface area contributed by atoms with Gasteiger partial charge in [-0.15, -0.1) is 0 Å². The van der Waals surface area contributed by atoms with Gasteiger partial charge in [-0.2, -0.15) is 0 Å². The largest absolute Gasteiger partial charge is 0.384 e. The molecule has 0 bridgehead atoms. The van der Waals surface area contributed by atoms with Gasteiger partial charge in [-0.25, -0.2) is 0 Å². The van der Waals surface area contributed by atoms with Crippen molar-refractivity contribution >= 4 is 23.2 Å². The van der Waals surface area contributed by atoms with Crippen molar-refractivity contribution in [2.24, 2.45) is 5.73 Å². The second-order valence-electron chi connectivity index (χ2n) is 7.71. The Morgan fingerprint density at radius 2 is 1.90 bits per heavy atom. The van der Waals surface area contributed by atoms with Gasteiger partial charge < -0.3 is 27.0 Å². The number of fused-ring (bicyclic) bond motifs is 1. The first kappa shape index (κ1) is 21.9. The lowest BCUT2D eigenvalue weighted by Crippen LogP contribution is -2.58. The second-order valence-corrected chi connectivity index (χ2v) is 7.71. The van der Waals surface area contributed by atoms with Crippen LogP contribution in [0, 0.1) is 0 Å². The number of primary amides is 1. The van der Waals surface area contributed by atoms with Crippen molar-refractivity contribution < 1.29 is 9.59 Å². The van der Waals surface area contributed by atoms with Crippen LogP contribution in [0.2, 0.25) is 0 Å². The maximum Gasteiger partial charge on any atom is 0.250 e. The van der Waals surface area contributed by atoms with Crippen molar-refractivity contribution in [3.63, 3.8) is 0 Å². The SMILES string of the molecule is CCCCNc1cc(-n2c(NC)cc3c2CC(NC)(NC)CC3=O)ccc1C(N)=O. The van der Waals surface area contributed by atoms with Gasteiger partial charge in [0.2, 0.25) is 0 Å². The number of aromatic nitrogens is 1. The van der Waals surface area contributed by atoms with Gasteiger partial charge in [-0.1, -0.05) is 13.3 Å². The number of nitrogens with one attached hydrogen (secondary N) is 4. The smallest absolute Gasteiger partial charge is 0.250 e. The molecule has 8 nitrogen and oxygen atoms in total. The molecule has 0 atom stereocenters. The summed E-state index contributed by atoms with van der Waals surface area (Å²) in [7, 11) is 5.56. The summed E-state index contributed by atoms with van der Waals surface area (Å²) in [5.41, 5.74) is 8.75. The Kier molecular flexibility index (Phi) is 6.48. The average Bonchev–Trinajstić information content (AvgIpc) is 3.12. The Hall–Kier alpha value is -2.84. The molecule has 0 radical (unpaired) electrons. The zero-order valence-electron chi connectivity index (χ0n) is 18.2. The van der Waals surface area contributed by atoms with Crippen LogP contribution in [0.25, 0.3) is 5.69 Å². The molecule has 0 aliphatic heterocycles. The van der Waals surface area contributed by atoms with Gasteiger partial charge >= 0.3 is 0 Å². The summed E-state index contributed by atoms with van der Waals surface area (Å²) in [5, 5.41) is 13.1. The topological polar surface area (TPSA) is 113 Å². The number of carbonyl (C=O) groups excluding carboxylic acids is 2. The van der Waals surface area contributed by atoms with Crippen LogP contribution in [-0.4, -0.2) is 49.6 Å². The van der Waals surface area contributed by atoms with Gasteiger partial charge in [-0.3, -0.25) is 14.2 Å². The van der Waals surface area contributed by atoms with Crippen molar-refractivity contribution in [2.75, 3.05) is 38.3 Å². The van der Waals surface area contributed by atoms with E-state index in [1.165, 1.54) is 0 Å². The van der Waals surface area contributed by atoms with E-state index in [0.29, 0.717) is 24.1 Å². The summed E-state index contributed by atoms with van der Waals surface area (Å²) in [6.07, 6.45) is 3.06. The number of likely N-dealkylation sites (N-methyl/N-ethyl adjacent to an activating group) is 2. The third-order valence-corrected chi connectivity index (χ3v) is 5.92. The second kappa shape index (κ2) is 8.89. The zero-order valence-corrected chi connectivity index (χ0v) is 18.2. The van der Waals surface area contributed by atoms with Crippen LogP contribution in [-0.2, 0) is 6.42 Å². The molecule has 0 fully saturated rings. The average molecular weight is 413 g/mol. The Balaban J connectivity index is 2.13. The van der Waals surface area contributed by atoms with E-state index in [1.807, 2.05) is 43.9 Å². The lowest BCUT2D eigenvalue weighted by atomic mass is 9.86. The predicted molar refractivity (Wildman–Crippen MR) is 121 cm³/mol. The molecule has 3 rings (SSSR count). The number of Topliss-reactive ketones (excluding diaryl/α,β-unsaturated/α-hetero) is 1. The maximum absolute atomic E-state index is 12.9. The fourth-order valence-electron chi connectivity index (χ4n) is 4.07. The molecule has 1 amide bonds. The van der Waals surface area contributed by atoms with Crippen molar-refractivity contribution in [2.45, 2.75) is 38.3 Å². The Morgan fingerprint density at radius 3 is 2.50 bits per heavy atom. The molecule has 1 aliphatic carbocycles. The van der Waals surface area contributed by atoms with E-state index in [9.17, 15) is 9.59 Å².